The average Bonchev–Trinajstić information content (AvgIpc) is 3.46. The predicted molar refractivity (Wildman–Crippen MR) is 135 cm³/mol. The van der Waals surface area contributed by atoms with Crippen molar-refractivity contribution in [3.05, 3.63) is 95.9 Å². The molecular weight excluding hydrogens is 456 g/mol. The van der Waals surface area contributed by atoms with Gasteiger partial charge in [0.2, 0.25) is 17.7 Å². The lowest BCUT2D eigenvalue weighted by molar-refractivity contribution is -0.122. The first-order chi connectivity index (χ1) is 17.5. The number of oxazole rings is 1. The van der Waals surface area contributed by atoms with Gasteiger partial charge >= 0.3 is 0 Å². The molecule has 0 bridgehead atoms. The first-order valence-electron chi connectivity index (χ1n) is 11.5. The van der Waals surface area contributed by atoms with Gasteiger partial charge in [0, 0.05) is 11.3 Å². The van der Waals surface area contributed by atoms with E-state index in [-0.39, 0.29) is 24.9 Å². The van der Waals surface area contributed by atoms with Gasteiger partial charge in [-0.15, -0.1) is 0 Å². The maximum absolute atomic E-state index is 12.4. The van der Waals surface area contributed by atoms with Crippen LogP contribution in [0.15, 0.2) is 83.3 Å². The summed E-state index contributed by atoms with van der Waals surface area (Å²) >= 11 is 0. The highest BCUT2D eigenvalue weighted by Crippen LogP contribution is 2.23. The van der Waals surface area contributed by atoms with Gasteiger partial charge in [-0.3, -0.25) is 9.59 Å². The summed E-state index contributed by atoms with van der Waals surface area (Å²) in [4.78, 5) is 30.6. The van der Waals surface area contributed by atoms with Crippen molar-refractivity contribution in [1.82, 2.24) is 25.3 Å². The molecule has 5 rings (SSSR count). The monoisotopic (exact) mass is 480 g/mol. The quantitative estimate of drug-likeness (QED) is 0.348. The Kier molecular flexibility index (Phi) is 6.53. The van der Waals surface area contributed by atoms with Gasteiger partial charge in [-0.25, -0.2) is 4.98 Å². The number of rotatable bonds is 8. The van der Waals surface area contributed by atoms with Crippen molar-refractivity contribution in [2.24, 2.45) is 0 Å². The van der Waals surface area contributed by atoms with Gasteiger partial charge in [0.05, 0.1) is 13.0 Å². The molecule has 0 saturated heterocycles. The first-order valence-corrected chi connectivity index (χ1v) is 11.5. The van der Waals surface area contributed by atoms with E-state index in [1.165, 1.54) is 4.80 Å². The number of fused-ring (bicyclic) bond motifs is 1. The van der Waals surface area contributed by atoms with Gasteiger partial charge in [0.25, 0.3) is 0 Å². The normalized spacial score (nSPS) is 10.9. The smallest absolute Gasteiger partial charge is 0.243 e. The Morgan fingerprint density at radius 2 is 1.53 bits per heavy atom. The highest BCUT2D eigenvalue weighted by molar-refractivity contribution is 5.92. The van der Waals surface area contributed by atoms with E-state index in [9.17, 15) is 9.59 Å². The second-order valence-electron chi connectivity index (χ2n) is 8.31. The Labute approximate surface area is 207 Å². The Bertz CT molecular complexity index is 1470. The number of carbonyl (C=O) groups excluding carboxylic acids is 2. The van der Waals surface area contributed by atoms with Gasteiger partial charge in [-0.1, -0.05) is 42.5 Å². The number of amides is 2. The van der Waals surface area contributed by atoms with Crippen LogP contribution in [0.1, 0.15) is 17.0 Å². The highest BCUT2D eigenvalue weighted by Gasteiger charge is 2.14. The fraction of sp³-hybridized carbons (Fsp3) is 0.148. The second-order valence-corrected chi connectivity index (χ2v) is 8.31. The van der Waals surface area contributed by atoms with E-state index in [2.05, 4.69) is 25.8 Å². The standard InChI is InChI=1S/C27H24N6O3/c1-18-24(16-28-26(35)17-33-31-22-9-5-6-10-23(22)32-33)30-27(36-18)20-11-13-21(14-12-20)29-25(34)15-19-7-3-2-4-8-19/h2-14H,15-17H2,1H3,(H,28,35)(H,29,34). The molecule has 9 nitrogen and oxygen atoms in total. The summed E-state index contributed by atoms with van der Waals surface area (Å²) in [7, 11) is 0. The summed E-state index contributed by atoms with van der Waals surface area (Å²) in [5.74, 6) is 0.750. The van der Waals surface area contributed by atoms with Crippen LogP contribution in [0, 0.1) is 6.92 Å². The lowest BCUT2D eigenvalue weighted by Crippen LogP contribution is -2.28. The predicted octanol–water partition coefficient (Wildman–Crippen LogP) is 3.89. The number of hydrogen-bond donors (Lipinski definition) is 2. The number of aryl methyl sites for hydroxylation is 1. The van der Waals surface area contributed by atoms with Crippen molar-refractivity contribution >= 4 is 28.5 Å². The van der Waals surface area contributed by atoms with E-state index >= 15 is 0 Å². The summed E-state index contributed by atoms with van der Waals surface area (Å²) in [6, 6.07) is 24.3. The zero-order chi connectivity index (χ0) is 24.9. The molecule has 0 saturated carbocycles. The number of nitrogens with zero attached hydrogens (tertiary/aromatic N) is 4. The first kappa shape index (κ1) is 23.0. The summed E-state index contributed by atoms with van der Waals surface area (Å²) in [6.45, 7) is 2.04. The number of benzene rings is 3. The van der Waals surface area contributed by atoms with Crippen LogP contribution in [0.4, 0.5) is 5.69 Å². The molecule has 2 amide bonds. The van der Waals surface area contributed by atoms with E-state index in [4.69, 9.17) is 4.42 Å². The van der Waals surface area contributed by atoms with Crippen molar-refractivity contribution in [2.75, 3.05) is 5.32 Å². The zero-order valence-corrected chi connectivity index (χ0v) is 19.6. The largest absolute Gasteiger partial charge is 0.441 e. The molecule has 0 aliphatic heterocycles. The summed E-state index contributed by atoms with van der Waals surface area (Å²) in [6.07, 6.45) is 0.309. The number of hydrogen-bond acceptors (Lipinski definition) is 6. The van der Waals surface area contributed by atoms with Crippen LogP contribution in [0.2, 0.25) is 0 Å². The topological polar surface area (TPSA) is 115 Å². The molecule has 2 N–H and O–H groups in total. The van der Waals surface area contributed by atoms with E-state index < -0.39 is 0 Å². The lowest BCUT2D eigenvalue weighted by Gasteiger charge is -2.06. The molecule has 0 aliphatic rings. The van der Waals surface area contributed by atoms with Crippen molar-refractivity contribution in [3.8, 4) is 11.5 Å². The van der Waals surface area contributed by atoms with Crippen LogP contribution in [0.3, 0.4) is 0 Å². The van der Waals surface area contributed by atoms with Crippen molar-refractivity contribution in [3.63, 3.8) is 0 Å². The summed E-state index contributed by atoms with van der Waals surface area (Å²) < 4.78 is 5.81. The molecule has 0 spiro atoms. The zero-order valence-electron chi connectivity index (χ0n) is 19.6. The SMILES string of the molecule is Cc1oc(-c2ccc(NC(=O)Cc3ccccc3)cc2)nc1CNC(=O)Cn1nc2ccccc2n1. The molecule has 3 aromatic carbocycles. The molecule has 2 heterocycles. The maximum Gasteiger partial charge on any atom is 0.243 e. The van der Waals surface area contributed by atoms with E-state index in [1.807, 2.05) is 66.7 Å². The average molecular weight is 481 g/mol. The minimum absolute atomic E-state index is 0.00981. The molecule has 9 heteroatoms. The molecule has 0 fully saturated rings. The molecule has 0 radical (unpaired) electrons. The van der Waals surface area contributed by atoms with Crippen LogP contribution in [-0.2, 0) is 29.1 Å². The molecule has 36 heavy (non-hydrogen) atoms. The molecule has 0 aliphatic carbocycles. The van der Waals surface area contributed by atoms with E-state index in [0.717, 1.165) is 22.2 Å². The molecule has 2 aromatic heterocycles. The third-order valence-electron chi connectivity index (χ3n) is 5.58. The highest BCUT2D eigenvalue weighted by atomic mass is 16.4. The third kappa shape index (κ3) is 5.47. The Balaban J connectivity index is 1.16. The minimum Gasteiger partial charge on any atom is -0.441 e. The second kappa shape index (κ2) is 10.2. The van der Waals surface area contributed by atoms with Gasteiger partial charge in [0.1, 0.15) is 29.0 Å². The third-order valence-corrected chi connectivity index (χ3v) is 5.58. The number of carbonyl (C=O) groups is 2. The molecule has 0 atom stereocenters. The van der Waals surface area contributed by atoms with Crippen molar-refractivity contribution in [2.45, 2.75) is 26.4 Å². The van der Waals surface area contributed by atoms with Gasteiger partial charge in [0.15, 0.2) is 0 Å². The van der Waals surface area contributed by atoms with Crippen molar-refractivity contribution in [1.29, 1.82) is 0 Å². The van der Waals surface area contributed by atoms with Gasteiger partial charge in [-0.2, -0.15) is 15.0 Å². The van der Waals surface area contributed by atoms with Gasteiger partial charge in [-0.05, 0) is 48.9 Å². The minimum atomic E-state index is -0.227. The number of aromatic nitrogens is 4. The number of nitrogens with one attached hydrogen (secondary N) is 2. The lowest BCUT2D eigenvalue weighted by atomic mass is 10.1. The summed E-state index contributed by atoms with van der Waals surface area (Å²) in [5, 5.41) is 14.3. The van der Waals surface area contributed by atoms with Crippen LogP contribution < -0.4 is 10.6 Å². The molecule has 180 valence electrons. The summed E-state index contributed by atoms with van der Waals surface area (Å²) in [5.41, 5.74) is 4.53. The van der Waals surface area contributed by atoms with Crippen molar-refractivity contribution < 1.29 is 14.0 Å². The Hall–Kier alpha value is -4.79. The van der Waals surface area contributed by atoms with Crippen LogP contribution in [0.5, 0.6) is 0 Å². The Morgan fingerprint density at radius 3 is 2.22 bits per heavy atom. The van der Waals surface area contributed by atoms with Crippen LogP contribution >= 0.6 is 0 Å². The fourth-order valence-electron chi connectivity index (χ4n) is 3.74. The molecule has 5 aromatic rings. The molecular formula is C27H24N6O3. The Morgan fingerprint density at radius 1 is 0.861 bits per heavy atom. The molecule has 0 unspecified atom stereocenters. The van der Waals surface area contributed by atoms with E-state index in [1.54, 1.807) is 19.1 Å². The van der Waals surface area contributed by atoms with Crippen LogP contribution in [-0.4, -0.2) is 31.8 Å². The number of anilines is 1. The van der Waals surface area contributed by atoms with Gasteiger partial charge < -0.3 is 15.1 Å². The fourth-order valence-corrected chi connectivity index (χ4v) is 3.74. The van der Waals surface area contributed by atoms with E-state index in [0.29, 0.717) is 29.5 Å². The van der Waals surface area contributed by atoms with Crippen LogP contribution in [0.25, 0.3) is 22.5 Å². The maximum atomic E-state index is 12.4.